The van der Waals surface area contributed by atoms with Gasteiger partial charge in [-0.05, 0) is 60.7 Å². The van der Waals surface area contributed by atoms with Gasteiger partial charge >= 0.3 is 12.3 Å². The number of esters is 1. The second-order valence-corrected chi connectivity index (χ2v) is 6.46. The van der Waals surface area contributed by atoms with Crippen molar-refractivity contribution in [3.8, 4) is 11.5 Å². The maximum absolute atomic E-state index is 14.8. The Kier molecular flexibility index (Phi) is 5.72. The predicted octanol–water partition coefficient (Wildman–Crippen LogP) is 6.07. The van der Waals surface area contributed by atoms with Crippen LogP contribution in [0.4, 0.5) is 17.6 Å². The van der Waals surface area contributed by atoms with Gasteiger partial charge in [0.05, 0.1) is 5.56 Å². The van der Waals surface area contributed by atoms with E-state index >= 15 is 0 Å². The summed E-state index contributed by atoms with van der Waals surface area (Å²) >= 11 is 0. The number of benzene rings is 2. The summed E-state index contributed by atoms with van der Waals surface area (Å²) in [6.07, 6.45) is 0.379. The van der Waals surface area contributed by atoms with Crippen molar-refractivity contribution in [2.45, 2.75) is 39.0 Å². The van der Waals surface area contributed by atoms with Gasteiger partial charge in [-0.1, -0.05) is 31.1 Å². The number of halogens is 4. The summed E-state index contributed by atoms with van der Waals surface area (Å²) in [5.74, 6) is -1.98. The summed E-state index contributed by atoms with van der Waals surface area (Å²) in [6.45, 7) is 2.08. The third kappa shape index (κ3) is 4.71. The highest BCUT2D eigenvalue weighted by atomic mass is 19.4. The molecule has 0 aliphatic heterocycles. The lowest BCUT2D eigenvalue weighted by molar-refractivity contribution is -0.274. The zero-order valence-electron chi connectivity index (χ0n) is 15.1. The van der Waals surface area contributed by atoms with Crippen molar-refractivity contribution >= 4 is 12.0 Å². The Hall–Kier alpha value is -2.83. The average molecular weight is 394 g/mol. The minimum Gasteiger partial charge on any atom is -0.423 e. The van der Waals surface area contributed by atoms with Gasteiger partial charge in [0.15, 0.2) is 0 Å². The molecule has 0 N–H and O–H groups in total. The van der Waals surface area contributed by atoms with Crippen LogP contribution in [0.2, 0.25) is 0 Å². The van der Waals surface area contributed by atoms with E-state index in [9.17, 15) is 22.4 Å². The minimum atomic E-state index is -4.81. The van der Waals surface area contributed by atoms with E-state index in [0.29, 0.717) is 12.0 Å². The predicted molar refractivity (Wildman–Crippen MR) is 95.7 cm³/mol. The second kappa shape index (κ2) is 8.04. The first-order chi connectivity index (χ1) is 13.3. The Labute approximate surface area is 159 Å². The summed E-state index contributed by atoms with van der Waals surface area (Å²) in [4.78, 5) is 12.3. The molecule has 0 saturated heterocycles. The van der Waals surface area contributed by atoms with Crippen LogP contribution in [0.15, 0.2) is 42.0 Å². The molecule has 3 rings (SSSR count). The molecule has 148 valence electrons. The fraction of sp³-hybridized carbons (Fsp3) is 0.286. The molecule has 0 spiro atoms. The van der Waals surface area contributed by atoms with Crippen molar-refractivity contribution in [1.29, 1.82) is 0 Å². The number of ether oxygens (including phenoxy) is 2. The van der Waals surface area contributed by atoms with Gasteiger partial charge in [0.2, 0.25) is 0 Å². The van der Waals surface area contributed by atoms with Gasteiger partial charge in [0.1, 0.15) is 17.3 Å². The molecule has 2 aromatic carbocycles. The second-order valence-electron chi connectivity index (χ2n) is 6.46. The quantitative estimate of drug-likeness (QED) is 0.351. The van der Waals surface area contributed by atoms with Crippen molar-refractivity contribution in [2.75, 3.05) is 0 Å². The molecule has 0 radical (unpaired) electrons. The van der Waals surface area contributed by atoms with E-state index in [1.54, 1.807) is 6.07 Å². The van der Waals surface area contributed by atoms with Crippen LogP contribution < -0.4 is 9.47 Å². The van der Waals surface area contributed by atoms with Crippen molar-refractivity contribution < 1.29 is 31.8 Å². The van der Waals surface area contributed by atoms with Gasteiger partial charge in [-0.25, -0.2) is 9.18 Å². The van der Waals surface area contributed by atoms with E-state index in [4.69, 9.17) is 4.74 Å². The minimum absolute atomic E-state index is 0.0122. The largest absolute Gasteiger partial charge is 0.573 e. The van der Waals surface area contributed by atoms with E-state index < -0.39 is 23.9 Å². The Morgan fingerprint density at radius 2 is 1.71 bits per heavy atom. The highest BCUT2D eigenvalue weighted by Gasteiger charge is 2.31. The summed E-state index contributed by atoms with van der Waals surface area (Å²) in [7, 11) is 0. The number of carbonyl (C=O) groups excluding carboxylic acids is 1. The van der Waals surface area contributed by atoms with E-state index in [1.807, 2.05) is 6.08 Å². The lowest BCUT2D eigenvalue weighted by Crippen LogP contribution is -2.17. The lowest BCUT2D eigenvalue weighted by atomic mass is 9.88. The van der Waals surface area contributed by atoms with Crippen LogP contribution in [-0.4, -0.2) is 12.3 Å². The van der Waals surface area contributed by atoms with E-state index in [1.165, 1.54) is 11.6 Å². The van der Waals surface area contributed by atoms with Crippen molar-refractivity contribution in [2.24, 2.45) is 0 Å². The van der Waals surface area contributed by atoms with Gasteiger partial charge in [0, 0.05) is 0 Å². The molecule has 0 atom stereocenters. The van der Waals surface area contributed by atoms with Gasteiger partial charge < -0.3 is 9.47 Å². The van der Waals surface area contributed by atoms with Gasteiger partial charge in [-0.2, -0.15) is 0 Å². The highest BCUT2D eigenvalue weighted by Crippen LogP contribution is 2.30. The normalized spacial score (nSPS) is 13.5. The molecule has 7 heteroatoms. The Bertz CT molecular complexity index is 899. The third-order valence-corrected chi connectivity index (χ3v) is 4.39. The summed E-state index contributed by atoms with van der Waals surface area (Å²) in [5.41, 5.74) is 2.29. The molecule has 0 bridgehead atoms. The summed E-state index contributed by atoms with van der Waals surface area (Å²) < 4.78 is 60.1. The number of fused-ring (bicyclic) bond motifs is 1. The average Bonchev–Trinajstić information content (AvgIpc) is 2.62. The Morgan fingerprint density at radius 3 is 2.36 bits per heavy atom. The highest BCUT2D eigenvalue weighted by molar-refractivity contribution is 5.92. The first-order valence-corrected chi connectivity index (χ1v) is 8.85. The SMILES string of the molecule is CCCC1=Cc2ccc(C(=O)Oc3ccc(OC(F)(F)F)cc3)c(F)c2CC1. The van der Waals surface area contributed by atoms with Crippen molar-refractivity contribution in [3.05, 3.63) is 64.5 Å². The van der Waals surface area contributed by atoms with Crippen LogP contribution in [-0.2, 0) is 6.42 Å². The van der Waals surface area contributed by atoms with Crippen LogP contribution in [0, 0.1) is 5.82 Å². The molecule has 1 aliphatic rings. The molecule has 2 aromatic rings. The van der Waals surface area contributed by atoms with Crippen molar-refractivity contribution in [3.63, 3.8) is 0 Å². The fourth-order valence-corrected chi connectivity index (χ4v) is 3.15. The molecule has 1 aliphatic carbocycles. The smallest absolute Gasteiger partial charge is 0.423 e. The lowest BCUT2D eigenvalue weighted by Gasteiger charge is -2.18. The summed E-state index contributed by atoms with van der Waals surface area (Å²) in [6, 6.07) is 7.37. The standard InChI is InChI=1S/C21H18F4O3/c1-2-3-13-4-10-17-14(12-13)5-11-18(19(17)22)20(26)27-15-6-8-16(9-7-15)28-21(23,24)25/h5-9,11-12H,2-4,10H2,1H3. The summed E-state index contributed by atoms with van der Waals surface area (Å²) in [5, 5.41) is 0. The molecule has 3 nitrogen and oxygen atoms in total. The fourth-order valence-electron chi connectivity index (χ4n) is 3.15. The number of alkyl halides is 3. The molecule has 0 unspecified atom stereocenters. The number of allylic oxidation sites excluding steroid dienone is 1. The molecule has 28 heavy (non-hydrogen) atoms. The van der Waals surface area contributed by atoms with Crippen LogP contribution in [0.5, 0.6) is 11.5 Å². The zero-order valence-corrected chi connectivity index (χ0v) is 15.1. The molecule has 0 heterocycles. The number of hydrogen-bond acceptors (Lipinski definition) is 3. The van der Waals surface area contributed by atoms with Gasteiger partial charge in [-0.15, -0.1) is 13.2 Å². The molecular weight excluding hydrogens is 376 g/mol. The number of carbonyl (C=O) groups is 1. The maximum atomic E-state index is 14.8. The van der Waals surface area contributed by atoms with Crippen molar-refractivity contribution in [1.82, 2.24) is 0 Å². The molecule has 0 aromatic heterocycles. The zero-order chi connectivity index (χ0) is 20.3. The monoisotopic (exact) mass is 394 g/mol. The van der Waals surface area contributed by atoms with E-state index in [2.05, 4.69) is 11.7 Å². The van der Waals surface area contributed by atoms with E-state index in [-0.39, 0.29) is 11.3 Å². The van der Waals surface area contributed by atoms with Crippen LogP contribution in [0.1, 0.15) is 47.7 Å². The van der Waals surface area contributed by atoms with Gasteiger partial charge in [0.25, 0.3) is 0 Å². The molecule has 0 amide bonds. The molecule has 0 saturated carbocycles. The molecule has 0 fully saturated rings. The van der Waals surface area contributed by atoms with Crippen LogP contribution in [0.3, 0.4) is 0 Å². The van der Waals surface area contributed by atoms with Crippen LogP contribution >= 0.6 is 0 Å². The first-order valence-electron chi connectivity index (χ1n) is 8.85. The number of hydrogen-bond donors (Lipinski definition) is 0. The van der Waals surface area contributed by atoms with E-state index in [0.717, 1.165) is 49.1 Å². The maximum Gasteiger partial charge on any atom is 0.573 e. The topological polar surface area (TPSA) is 35.5 Å². The third-order valence-electron chi connectivity index (χ3n) is 4.39. The Balaban J connectivity index is 1.75. The van der Waals surface area contributed by atoms with Gasteiger partial charge in [-0.3, -0.25) is 0 Å². The number of rotatable bonds is 5. The first kappa shape index (κ1) is 19.9. The molecular formula is C21H18F4O3. The van der Waals surface area contributed by atoms with Crippen LogP contribution in [0.25, 0.3) is 6.08 Å². The Morgan fingerprint density at radius 1 is 1.04 bits per heavy atom.